The highest BCUT2D eigenvalue weighted by molar-refractivity contribution is 14.1. The van der Waals surface area contributed by atoms with Gasteiger partial charge in [0.1, 0.15) is 10.7 Å². The van der Waals surface area contributed by atoms with Crippen molar-refractivity contribution >= 4 is 22.6 Å². The van der Waals surface area contributed by atoms with Gasteiger partial charge in [0.2, 0.25) is 0 Å². The van der Waals surface area contributed by atoms with Crippen LogP contribution in [0.5, 0.6) is 0 Å². The molecule has 0 amide bonds. The van der Waals surface area contributed by atoms with Crippen molar-refractivity contribution in [1.82, 2.24) is 0 Å². The first kappa shape index (κ1) is 11.5. The van der Waals surface area contributed by atoms with Crippen LogP contribution in [0.25, 0.3) is 0 Å². The fourth-order valence-electron chi connectivity index (χ4n) is 0.341. The van der Waals surface area contributed by atoms with Crippen molar-refractivity contribution in [2.24, 2.45) is 0 Å². The van der Waals surface area contributed by atoms with Crippen LogP contribution >= 0.6 is 22.6 Å². The zero-order chi connectivity index (χ0) is 9.07. The van der Waals surface area contributed by atoms with Crippen molar-refractivity contribution in [2.45, 2.75) is 30.1 Å². The van der Waals surface area contributed by atoms with Crippen LogP contribution in [0.15, 0.2) is 0 Å². The van der Waals surface area contributed by atoms with Crippen molar-refractivity contribution < 1.29 is 17.9 Å². The van der Waals surface area contributed by atoms with Crippen LogP contribution in [0.2, 0.25) is 0 Å². The maximum atomic E-state index is 12.4. The Labute approximate surface area is 77.4 Å². The molecule has 0 heterocycles. The first-order chi connectivity index (χ1) is 4.86. The topological polar surface area (TPSA) is 9.23 Å². The van der Waals surface area contributed by atoms with E-state index in [1.165, 1.54) is 0 Å². The zero-order valence-electron chi connectivity index (χ0n) is 6.28. The Morgan fingerprint density at radius 2 is 1.91 bits per heavy atom. The molecule has 0 fully saturated rings. The molecule has 0 spiro atoms. The number of hydrogen-bond donors (Lipinski definition) is 0. The second-order valence-electron chi connectivity index (χ2n) is 2.23. The molecule has 0 bridgehead atoms. The minimum atomic E-state index is -3.36. The van der Waals surface area contributed by atoms with E-state index in [1.54, 1.807) is 6.92 Å². The summed E-state index contributed by atoms with van der Waals surface area (Å²) >= 11 is 1.83. The van der Waals surface area contributed by atoms with Crippen LogP contribution in [0.3, 0.4) is 0 Å². The molecule has 0 aliphatic rings. The molecule has 68 valence electrons. The summed E-state index contributed by atoms with van der Waals surface area (Å²) in [5.74, 6) is -3.36. The second kappa shape index (κ2) is 4.49. The van der Waals surface area contributed by atoms with Crippen LogP contribution in [0.1, 0.15) is 13.8 Å². The van der Waals surface area contributed by atoms with E-state index in [4.69, 9.17) is 0 Å². The lowest BCUT2D eigenvalue weighted by Crippen LogP contribution is -2.33. The molecule has 0 aromatic rings. The number of rotatable bonds is 4. The Morgan fingerprint density at radius 1 is 1.45 bits per heavy atom. The quantitative estimate of drug-likeness (QED) is 0.569. The number of alkyl halides is 4. The third-order valence-electron chi connectivity index (χ3n) is 1.09. The third kappa shape index (κ3) is 4.84. The Kier molecular flexibility index (Phi) is 4.69. The second-order valence-corrected chi connectivity index (χ2v) is 3.99. The lowest BCUT2D eigenvalue weighted by atomic mass is 10.2. The third-order valence-corrected chi connectivity index (χ3v) is 1.45. The first-order valence-electron chi connectivity index (χ1n) is 3.14. The lowest BCUT2D eigenvalue weighted by Gasteiger charge is -2.18. The van der Waals surface area contributed by atoms with Gasteiger partial charge in [-0.15, -0.1) is 0 Å². The van der Waals surface area contributed by atoms with Crippen LogP contribution in [-0.2, 0) is 4.74 Å². The van der Waals surface area contributed by atoms with Gasteiger partial charge < -0.3 is 4.74 Å². The van der Waals surface area contributed by atoms with Gasteiger partial charge in [-0.05, 0) is 13.8 Å². The summed E-state index contributed by atoms with van der Waals surface area (Å²) in [6.07, 6.45) is -2.15. The van der Waals surface area contributed by atoms with Crippen LogP contribution in [0, 0.1) is 0 Å². The van der Waals surface area contributed by atoms with Gasteiger partial charge in [-0.2, -0.15) is 0 Å². The monoisotopic (exact) mass is 282 g/mol. The Hall–Kier alpha value is 0.480. The number of hydrogen-bond acceptors (Lipinski definition) is 1. The fourth-order valence-corrected chi connectivity index (χ4v) is 0.521. The van der Waals surface area contributed by atoms with Crippen molar-refractivity contribution in [1.29, 1.82) is 0 Å². The lowest BCUT2D eigenvalue weighted by molar-refractivity contribution is -0.120. The largest absolute Gasteiger partial charge is 0.362 e. The molecule has 0 radical (unpaired) electrons. The van der Waals surface area contributed by atoms with Gasteiger partial charge in [0.15, 0.2) is 6.17 Å². The van der Waals surface area contributed by atoms with Crippen molar-refractivity contribution in [2.75, 3.05) is 6.61 Å². The van der Waals surface area contributed by atoms with E-state index in [2.05, 4.69) is 4.74 Å². The van der Waals surface area contributed by atoms with Crippen LogP contribution < -0.4 is 0 Å². The molecule has 0 saturated carbocycles. The number of ether oxygens (including phenoxy) is 1. The van der Waals surface area contributed by atoms with E-state index in [9.17, 15) is 13.2 Å². The van der Waals surface area contributed by atoms with E-state index >= 15 is 0 Å². The average Bonchev–Trinajstić information content (AvgIpc) is 1.84. The summed E-state index contributed by atoms with van der Waals surface area (Å²) in [7, 11) is 0. The molecule has 1 nitrogen and oxygen atoms in total. The Bertz CT molecular complexity index is 116. The summed E-state index contributed by atoms with van der Waals surface area (Å²) in [6.45, 7) is 1.58. The minimum absolute atomic E-state index is 0.322. The summed E-state index contributed by atoms with van der Waals surface area (Å²) < 4.78 is 41.1. The van der Waals surface area contributed by atoms with Crippen LogP contribution in [-0.4, -0.2) is 22.8 Å². The molecule has 0 saturated heterocycles. The SMILES string of the molecule is CC(I)OCC(F)(F)C(C)F. The highest BCUT2D eigenvalue weighted by Gasteiger charge is 2.37. The maximum Gasteiger partial charge on any atom is 0.301 e. The molecule has 0 aromatic carbocycles. The van der Waals surface area contributed by atoms with Gasteiger partial charge in [-0.3, -0.25) is 0 Å². The van der Waals surface area contributed by atoms with E-state index in [0.717, 1.165) is 6.92 Å². The molecular formula is C6H10F3IO. The summed E-state index contributed by atoms with van der Waals surface area (Å²) in [5, 5.41) is 0. The predicted octanol–water partition coefficient (Wildman–Crippen LogP) is 2.78. The average molecular weight is 282 g/mol. The van der Waals surface area contributed by atoms with E-state index in [-0.39, 0.29) is 4.11 Å². The molecule has 2 unspecified atom stereocenters. The van der Waals surface area contributed by atoms with Crippen molar-refractivity contribution in [3.63, 3.8) is 0 Å². The first-order valence-corrected chi connectivity index (χ1v) is 4.38. The molecule has 0 aliphatic carbocycles. The van der Waals surface area contributed by atoms with Crippen LogP contribution in [0.4, 0.5) is 13.2 Å². The normalized spacial score (nSPS) is 18.0. The van der Waals surface area contributed by atoms with Gasteiger partial charge in [-0.25, -0.2) is 13.2 Å². The zero-order valence-corrected chi connectivity index (χ0v) is 8.44. The summed E-state index contributed by atoms with van der Waals surface area (Å²) in [5.41, 5.74) is 0. The van der Waals surface area contributed by atoms with Gasteiger partial charge >= 0.3 is 5.92 Å². The van der Waals surface area contributed by atoms with Gasteiger partial charge in [0, 0.05) is 0 Å². The van der Waals surface area contributed by atoms with Crippen molar-refractivity contribution in [3.05, 3.63) is 0 Å². The van der Waals surface area contributed by atoms with E-state index in [1.807, 2.05) is 22.6 Å². The molecule has 0 aliphatic heterocycles. The van der Waals surface area contributed by atoms with E-state index in [0.29, 0.717) is 0 Å². The molecule has 5 heteroatoms. The van der Waals surface area contributed by atoms with Crippen molar-refractivity contribution in [3.8, 4) is 0 Å². The molecule has 0 aromatic heterocycles. The molecular weight excluding hydrogens is 272 g/mol. The summed E-state index contributed by atoms with van der Waals surface area (Å²) in [6, 6.07) is 0. The Morgan fingerprint density at radius 3 is 2.18 bits per heavy atom. The van der Waals surface area contributed by atoms with Gasteiger partial charge in [0.25, 0.3) is 0 Å². The number of halogens is 4. The van der Waals surface area contributed by atoms with E-state index < -0.39 is 18.7 Å². The maximum absolute atomic E-state index is 12.4. The molecule has 0 N–H and O–H groups in total. The highest BCUT2D eigenvalue weighted by atomic mass is 127. The minimum Gasteiger partial charge on any atom is -0.362 e. The summed E-state index contributed by atoms with van der Waals surface area (Å²) in [4.78, 5) is 0. The molecule has 11 heavy (non-hydrogen) atoms. The highest BCUT2D eigenvalue weighted by Crippen LogP contribution is 2.22. The fraction of sp³-hybridized carbons (Fsp3) is 1.00. The molecule has 2 atom stereocenters. The molecule has 0 rings (SSSR count). The standard InChI is InChI=1S/C6H10F3IO/c1-4(7)6(8,9)3-11-5(2)10/h4-5H,3H2,1-2H3. The predicted molar refractivity (Wildman–Crippen MR) is 45.0 cm³/mol. The van der Waals surface area contributed by atoms with Gasteiger partial charge in [-0.1, -0.05) is 22.6 Å². The Balaban J connectivity index is 3.73. The smallest absolute Gasteiger partial charge is 0.301 e. The van der Waals surface area contributed by atoms with Gasteiger partial charge in [0.05, 0.1) is 0 Å².